The predicted molar refractivity (Wildman–Crippen MR) is 68.7 cm³/mol. The Morgan fingerprint density at radius 1 is 1.33 bits per heavy atom. The molecular formula is C11H24N2O4S. The zero-order chi connectivity index (χ0) is 14.0. The molecule has 18 heavy (non-hydrogen) atoms. The molecule has 0 bridgehead atoms. The minimum absolute atomic E-state index is 1.19. The van der Waals surface area contributed by atoms with Crippen LogP contribution < -0.4 is 4.90 Å². The fourth-order valence-electron chi connectivity index (χ4n) is 1.66. The van der Waals surface area contributed by atoms with Gasteiger partial charge in [0.1, 0.15) is 6.20 Å². The molecular weight excluding hydrogens is 256 g/mol. The molecule has 108 valence electrons. The molecule has 0 aliphatic carbocycles. The third-order valence-electron chi connectivity index (χ3n) is 2.58. The maximum Gasteiger partial charge on any atom is 0.215 e. The Labute approximate surface area is 110 Å². The molecule has 1 aliphatic rings. The van der Waals surface area contributed by atoms with E-state index in [9.17, 15) is 0 Å². The third kappa shape index (κ3) is 11.8. The van der Waals surface area contributed by atoms with Crippen LogP contribution in [0.4, 0.5) is 0 Å². The number of nitrogens with one attached hydrogen (secondary N) is 1. The monoisotopic (exact) mass is 280 g/mol. The first kappa shape index (κ1) is 17.4. The first-order chi connectivity index (χ1) is 8.36. The average molecular weight is 280 g/mol. The van der Waals surface area contributed by atoms with E-state index in [1.54, 1.807) is 4.90 Å². The van der Waals surface area contributed by atoms with Gasteiger partial charge in [-0.1, -0.05) is 26.7 Å². The van der Waals surface area contributed by atoms with Gasteiger partial charge in [-0.15, -0.1) is 0 Å². The predicted octanol–water partition coefficient (Wildman–Crippen LogP) is 0.220. The molecule has 0 aromatic rings. The summed E-state index contributed by atoms with van der Waals surface area (Å²) in [4.78, 5) is 4.06. The topological polar surface area (TPSA) is 85.1 Å². The molecule has 0 aromatic carbocycles. The van der Waals surface area contributed by atoms with Gasteiger partial charge in [0.25, 0.3) is 0 Å². The summed E-state index contributed by atoms with van der Waals surface area (Å²) in [5.41, 5.74) is 0. The maximum atomic E-state index is 8.63. The van der Waals surface area contributed by atoms with Gasteiger partial charge in [-0.2, -0.15) is 0 Å². The normalized spacial score (nSPS) is 18.7. The second kappa shape index (κ2) is 9.32. The van der Waals surface area contributed by atoms with E-state index in [2.05, 4.69) is 31.1 Å². The summed E-state index contributed by atoms with van der Waals surface area (Å²) in [6.07, 6.45) is 9.86. The molecule has 0 amide bonds. The SMILES string of the molecule is CCCCN1C=C[NH+](CCCC)C1.O=S(=O)([O-])O. The molecule has 1 atom stereocenters. The Kier molecular flexibility index (Phi) is 8.99. The van der Waals surface area contributed by atoms with E-state index in [4.69, 9.17) is 17.5 Å². The van der Waals surface area contributed by atoms with Crippen LogP contribution in [0.5, 0.6) is 0 Å². The lowest BCUT2D eigenvalue weighted by Gasteiger charge is -2.16. The fraction of sp³-hybridized carbons (Fsp3) is 0.818. The summed E-state index contributed by atoms with van der Waals surface area (Å²) in [5.74, 6) is 0. The van der Waals surface area contributed by atoms with Crippen LogP contribution in [-0.2, 0) is 10.4 Å². The Bertz CT molecular complexity index is 306. The lowest BCUT2D eigenvalue weighted by molar-refractivity contribution is -0.849. The number of unbranched alkanes of at least 4 members (excludes halogenated alkanes) is 2. The molecule has 0 radical (unpaired) electrons. The van der Waals surface area contributed by atoms with Crippen LogP contribution in [0.15, 0.2) is 12.4 Å². The van der Waals surface area contributed by atoms with Crippen molar-refractivity contribution in [2.75, 3.05) is 19.8 Å². The minimum Gasteiger partial charge on any atom is -0.726 e. The Morgan fingerprint density at radius 3 is 2.39 bits per heavy atom. The van der Waals surface area contributed by atoms with Crippen molar-refractivity contribution in [1.29, 1.82) is 0 Å². The zero-order valence-corrected chi connectivity index (χ0v) is 11.9. The minimum atomic E-state index is -4.92. The summed E-state index contributed by atoms with van der Waals surface area (Å²) in [5, 5.41) is 0. The number of nitrogens with zero attached hydrogens (tertiary/aromatic N) is 1. The highest BCUT2D eigenvalue weighted by atomic mass is 32.3. The van der Waals surface area contributed by atoms with Crippen LogP contribution in [0.25, 0.3) is 0 Å². The van der Waals surface area contributed by atoms with Gasteiger partial charge in [0.05, 0.1) is 12.7 Å². The van der Waals surface area contributed by atoms with Crippen molar-refractivity contribution in [2.45, 2.75) is 39.5 Å². The van der Waals surface area contributed by atoms with Crippen molar-refractivity contribution in [3.8, 4) is 0 Å². The van der Waals surface area contributed by atoms with Crippen molar-refractivity contribution in [3.05, 3.63) is 12.4 Å². The number of hydrogen-bond acceptors (Lipinski definition) is 4. The van der Waals surface area contributed by atoms with Crippen LogP contribution in [-0.4, -0.2) is 42.2 Å². The molecule has 0 fully saturated rings. The van der Waals surface area contributed by atoms with Crippen molar-refractivity contribution < 1.29 is 22.4 Å². The molecule has 6 nitrogen and oxygen atoms in total. The van der Waals surface area contributed by atoms with Gasteiger partial charge in [-0.25, -0.2) is 8.42 Å². The molecule has 2 N–H and O–H groups in total. The van der Waals surface area contributed by atoms with Gasteiger partial charge < -0.3 is 9.45 Å². The molecule has 1 aliphatic heterocycles. The molecule has 1 heterocycles. The van der Waals surface area contributed by atoms with E-state index in [0.717, 1.165) is 0 Å². The van der Waals surface area contributed by atoms with Gasteiger partial charge in [0.2, 0.25) is 10.4 Å². The lowest BCUT2D eigenvalue weighted by atomic mass is 10.3. The third-order valence-corrected chi connectivity index (χ3v) is 2.58. The van der Waals surface area contributed by atoms with Gasteiger partial charge >= 0.3 is 0 Å². The number of quaternary nitrogens is 1. The highest BCUT2D eigenvalue weighted by Gasteiger charge is 2.14. The maximum absolute atomic E-state index is 8.63. The Morgan fingerprint density at radius 2 is 1.89 bits per heavy atom. The Balaban J connectivity index is 0.000000494. The quantitative estimate of drug-likeness (QED) is 0.537. The van der Waals surface area contributed by atoms with E-state index in [1.165, 1.54) is 45.4 Å². The molecule has 0 spiro atoms. The molecule has 1 rings (SSSR count). The smallest absolute Gasteiger partial charge is 0.215 e. The molecule has 7 heteroatoms. The summed E-state index contributed by atoms with van der Waals surface area (Å²) in [7, 11) is -4.92. The van der Waals surface area contributed by atoms with Gasteiger partial charge in [-0.05, 0) is 12.8 Å². The summed E-state index contributed by atoms with van der Waals surface area (Å²) < 4.78 is 32.8. The molecule has 0 saturated carbocycles. The Hall–Kier alpha value is -0.630. The summed E-state index contributed by atoms with van der Waals surface area (Å²) in [6.45, 7) is 8.24. The van der Waals surface area contributed by atoms with Crippen LogP contribution in [0.2, 0.25) is 0 Å². The largest absolute Gasteiger partial charge is 0.726 e. The van der Waals surface area contributed by atoms with E-state index < -0.39 is 10.4 Å². The zero-order valence-electron chi connectivity index (χ0n) is 11.1. The molecule has 1 unspecified atom stereocenters. The van der Waals surface area contributed by atoms with Crippen LogP contribution in [0, 0.1) is 0 Å². The fourth-order valence-corrected chi connectivity index (χ4v) is 1.66. The number of rotatable bonds is 6. The highest BCUT2D eigenvalue weighted by Crippen LogP contribution is 1.96. The van der Waals surface area contributed by atoms with Gasteiger partial charge in [0, 0.05) is 6.54 Å². The van der Waals surface area contributed by atoms with Crippen LogP contribution in [0.1, 0.15) is 39.5 Å². The average Bonchev–Trinajstić information content (AvgIpc) is 2.69. The van der Waals surface area contributed by atoms with Crippen molar-refractivity contribution in [1.82, 2.24) is 4.90 Å². The van der Waals surface area contributed by atoms with Gasteiger partial charge in [-0.3, -0.25) is 9.45 Å². The molecule has 0 aromatic heterocycles. The lowest BCUT2D eigenvalue weighted by Crippen LogP contribution is -3.07. The van der Waals surface area contributed by atoms with Crippen molar-refractivity contribution >= 4 is 10.4 Å². The van der Waals surface area contributed by atoms with Crippen molar-refractivity contribution in [3.63, 3.8) is 0 Å². The first-order valence-corrected chi connectivity index (χ1v) is 7.68. The standard InChI is InChI=1S/C11H22N2.H2O4S/c1-3-5-7-12-9-10-13(11-12)8-6-4-2;1-5(2,3)4/h9-10H,3-8,11H2,1-2H3;(H2,1,2,3,4). The van der Waals surface area contributed by atoms with E-state index in [-0.39, 0.29) is 0 Å². The van der Waals surface area contributed by atoms with Crippen LogP contribution >= 0.6 is 0 Å². The second-order valence-electron chi connectivity index (χ2n) is 4.33. The van der Waals surface area contributed by atoms with E-state index in [0.29, 0.717) is 0 Å². The van der Waals surface area contributed by atoms with Crippen LogP contribution in [0.3, 0.4) is 0 Å². The van der Waals surface area contributed by atoms with E-state index >= 15 is 0 Å². The highest BCUT2D eigenvalue weighted by molar-refractivity contribution is 7.79. The molecule has 0 saturated heterocycles. The van der Waals surface area contributed by atoms with E-state index in [1.807, 2.05) is 0 Å². The van der Waals surface area contributed by atoms with Crippen molar-refractivity contribution in [2.24, 2.45) is 0 Å². The van der Waals surface area contributed by atoms with Gasteiger partial charge in [0.15, 0.2) is 6.67 Å². The first-order valence-electron chi connectivity index (χ1n) is 6.32. The summed E-state index contributed by atoms with van der Waals surface area (Å²) >= 11 is 0. The number of hydrogen-bond donors (Lipinski definition) is 2. The summed E-state index contributed by atoms with van der Waals surface area (Å²) in [6, 6.07) is 0. The second-order valence-corrected chi connectivity index (χ2v) is 5.18.